The molecule has 0 atom stereocenters. The Kier molecular flexibility index (Phi) is 9.20. The van der Waals surface area contributed by atoms with E-state index in [1.165, 1.54) is 21.8 Å². The summed E-state index contributed by atoms with van der Waals surface area (Å²) in [5.74, 6) is 1.12. The first-order valence-electron chi connectivity index (χ1n) is 14.7. The third-order valence-corrected chi connectivity index (χ3v) is 8.65. The number of thiophene rings is 1. The second-order valence-corrected chi connectivity index (χ2v) is 11.5. The van der Waals surface area contributed by atoms with Gasteiger partial charge < -0.3 is 23.7 Å². The number of fused-ring (bicyclic) bond motifs is 2. The first-order valence-corrected chi connectivity index (χ1v) is 15.6. The number of hydrogen-bond acceptors (Lipinski definition) is 8. The van der Waals surface area contributed by atoms with E-state index in [0.29, 0.717) is 18.1 Å². The quantitative estimate of drug-likeness (QED) is 0.0989. The van der Waals surface area contributed by atoms with Crippen molar-refractivity contribution in [3.05, 3.63) is 101 Å². The Bertz CT molecular complexity index is 1730. The van der Waals surface area contributed by atoms with Gasteiger partial charge in [0.15, 0.2) is 0 Å². The van der Waals surface area contributed by atoms with E-state index in [2.05, 4.69) is 39.4 Å². The first kappa shape index (κ1) is 28.8. The van der Waals surface area contributed by atoms with Gasteiger partial charge in [0.1, 0.15) is 18.1 Å². The highest BCUT2D eigenvalue weighted by Crippen LogP contribution is 2.31. The summed E-state index contributed by atoms with van der Waals surface area (Å²) >= 11 is 1.80. The van der Waals surface area contributed by atoms with Crippen LogP contribution in [0.3, 0.4) is 0 Å². The SMILES string of the molecule is O=C(OCCn1c(=O)ccc2ccc(OCCCCN3CCN(c4cccc5sccc45)CC3)cc21)Oc1ccccc1. The number of pyridine rings is 1. The fourth-order valence-electron chi connectivity index (χ4n) is 5.52. The number of anilines is 1. The van der Waals surface area contributed by atoms with Crippen LogP contribution in [0, 0.1) is 0 Å². The molecule has 43 heavy (non-hydrogen) atoms. The molecule has 1 saturated heterocycles. The molecule has 1 fully saturated rings. The highest BCUT2D eigenvalue weighted by Gasteiger charge is 2.18. The summed E-state index contributed by atoms with van der Waals surface area (Å²) in [6.45, 7) is 6.11. The molecule has 0 amide bonds. The summed E-state index contributed by atoms with van der Waals surface area (Å²) in [4.78, 5) is 29.7. The van der Waals surface area contributed by atoms with Crippen LogP contribution in [-0.4, -0.2) is 61.6 Å². The molecular weight excluding hydrogens is 562 g/mol. The molecule has 3 heterocycles. The maximum absolute atomic E-state index is 12.7. The van der Waals surface area contributed by atoms with Gasteiger partial charge in [0, 0.05) is 54.1 Å². The smallest absolute Gasteiger partial charge is 0.494 e. The lowest BCUT2D eigenvalue weighted by Gasteiger charge is -2.36. The fourth-order valence-corrected chi connectivity index (χ4v) is 6.32. The minimum atomic E-state index is -0.804. The van der Waals surface area contributed by atoms with E-state index in [1.54, 1.807) is 46.2 Å². The predicted octanol–water partition coefficient (Wildman–Crippen LogP) is 6.41. The van der Waals surface area contributed by atoms with Crippen molar-refractivity contribution in [2.24, 2.45) is 0 Å². The average Bonchev–Trinajstić information content (AvgIpc) is 3.52. The maximum Gasteiger partial charge on any atom is 0.513 e. The molecule has 0 N–H and O–H groups in total. The number of unbranched alkanes of at least 4 members (excludes halogenated alkanes) is 1. The van der Waals surface area contributed by atoms with Gasteiger partial charge in [-0.15, -0.1) is 11.3 Å². The molecule has 0 spiro atoms. The van der Waals surface area contributed by atoms with Gasteiger partial charge in [0.25, 0.3) is 5.56 Å². The Morgan fingerprint density at radius 3 is 2.49 bits per heavy atom. The number of carbonyl (C=O) groups excluding carboxylic acids is 1. The maximum atomic E-state index is 12.7. The summed E-state index contributed by atoms with van der Waals surface area (Å²) < 4.78 is 19.4. The van der Waals surface area contributed by atoms with Crippen molar-refractivity contribution in [2.45, 2.75) is 19.4 Å². The molecule has 222 valence electrons. The van der Waals surface area contributed by atoms with E-state index in [1.807, 2.05) is 24.3 Å². The van der Waals surface area contributed by atoms with Crippen LogP contribution in [0.5, 0.6) is 11.5 Å². The number of carbonyl (C=O) groups is 1. The van der Waals surface area contributed by atoms with Crippen LogP contribution in [0.15, 0.2) is 95.1 Å². The molecule has 1 aliphatic rings. The highest BCUT2D eigenvalue weighted by molar-refractivity contribution is 7.17. The summed E-state index contributed by atoms with van der Waals surface area (Å²) in [6.07, 6.45) is 1.21. The third kappa shape index (κ3) is 7.18. The van der Waals surface area contributed by atoms with Crippen LogP contribution >= 0.6 is 11.3 Å². The lowest BCUT2D eigenvalue weighted by Crippen LogP contribution is -2.46. The number of hydrogen-bond donors (Lipinski definition) is 0. The van der Waals surface area contributed by atoms with Crippen LogP contribution in [0.2, 0.25) is 0 Å². The van der Waals surface area contributed by atoms with Gasteiger partial charge in [-0.05, 0) is 78.7 Å². The number of rotatable bonds is 11. The minimum absolute atomic E-state index is 0.00764. The zero-order valence-corrected chi connectivity index (χ0v) is 24.8. The molecule has 9 heteroatoms. The van der Waals surface area contributed by atoms with Crippen LogP contribution < -0.4 is 19.9 Å². The Hall–Kier alpha value is -4.34. The molecule has 1 aliphatic heterocycles. The Morgan fingerprint density at radius 1 is 0.791 bits per heavy atom. The van der Waals surface area contributed by atoms with Crippen molar-refractivity contribution in [2.75, 3.05) is 50.8 Å². The number of nitrogens with zero attached hydrogens (tertiary/aromatic N) is 3. The van der Waals surface area contributed by atoms with Crippen LogP contribution in [0.1, 0.15) is 12.8 Å². The highest BCUT2D eigenvalue weighted by atomic mass is 32.1. The number of benzene rings is 3. The number of piperazine rings is 1. The van der Waals surface area contributed by atoms with Gasteiger partial charge in [-0.2, -0.15) is 0 Å². The number of aromatic nitrogens is 1. The summed E-state index contributed by atoms with van der Waals surface area (Å²) in [7, 11) is 0. The van der Waals surface area contributed by atoms with E-state index in [0.717, 1.165) is 56.5 Å². The van der Waals surface area contributed by atoms with Crippen molar-refractivity contribution in [1.82, 2.24) is 9.47 Å². The van der Waals surface area contributed by atoms with E-state index >= 15 is 0 Å². The topological polar surface area (TPSA) is 73.2 Å². The molecule has 0 unspecified atom stereocenters. The lowest BCUT2D eigenvalue weighted by molar-refractivity contribution is 0.0958. The first-order chi connectivity index (χ1) is 21.1. The van der Waals surface area contributed by atoms with Gasteiger partial charge >= 0.3 is 6.16 Å². The van der Waals surface area contributed by atoms with E-state index in [9.17, 15) is 9.59 Å². The molecule has 0 aliphatic carbocycles. The summed E-state index contributed by atoms with van der Waals surface area (Å²) in [5, 5.41) is 4.45. The fraction of sp³-hybridized carbons (Fsp3) is 0.294. The van der Waals surface area contributed by atoms with E-state index in [4.69, 9.17) is 14.2 Å². The van der Waals surface area contributed by atoms with Crippen LogP contribution in [0.4, 0.5) is 10.5 Å². The molecule has 0 bridgehead atoms. The monoisotopic (exact) mass is 597 g/mol. The van der Waals surface area contributed by atoms with E-state index < -0.39 is 6.16 Å². The van der Waals surface area contributed by atoms with Crippen molar-refractivity contribution in [1.29, 1.82) is 0 Å². The zero-order valence-electron chi connectivity index (χ0n) is 24.0. The molecule has 0 radical (unpaired) electrons. The van der Waals surface area contributed by atoms with Gasteiger partial charge in [-0.1, -0.05) is 24.3 Å². The van der Waals surface area contributed by atoms with Gasteiger partial charge in [0.2, 0.25) is 0 Å². The molecule has 6 rings (SSSR count). The third-order valence-electron chi connectivity index (χ3n) is 7.77. The van der Waals surface area contributed by atoms with Crippen molar-refractivity contribution in [3.63, 3.8) is 0 Å². The second kappa shape index (κ2) is 13.8. The molecule has 3 aromatic carbocycles. The molecule has 0 saturated carbocycles. The minimum Gasteiger partial charge on any atom is -0.494 e. The number of para-hydroxylation sites is 1. The summed E-state index contributed by atoms with van der Waals surface area (Å²) in [5.41, 5.74) is 1.92. The molecular formula is C34H35N3O5S. The molecule has 8 nitrogen and oxygen atoms in total. The Morgan fingerprint density at radius 2 is 1.63 bits per heavy atom. The van der Waals surface area contributed by atoms with Crippen molar-refractivity contribution in [3.8, 4) is 11.5 Å². The average molecular weight is 598 g/mol. The zero-order chi connectivity index (χ0) is 29.4. The number of ether oxygens (including phenoxy) is 3. The summed E-state index contributed by atoms with van der Waals surface area (Å²) in [6, 6.07) is 26.6. The lowest BCUT2D eigenvalue weighted by atomic mass is 10.2. The van der Waals surface area contributed by atoms with Crippen molar-refractivity contribution >= 4 is 44.2 Å². The second-order valence-electron chi connectivity index (χ2n) is 10.6. The molecule has 2 aromatic heterocycles. The Labute approximate surface area is 254 Å². The molecule has 5 aromatic rings. The van der Waals surface area contributed by atoms with Crippen LogP contribution in [-0.2, 0) is 11.3 Å². The predicted molar refractivity (Wildman–Crippen MR) is 172 cm³/mol. The standard InChI is InChI=1S/C34H35N3O5S/c38-33-14-12-26-11-13-28(25-31(26)37(33)21-23-41-34(39)42-27-7-2-1-3-8-27)40-22-5-4-16-35-17-19-36(20-18-35)30-9-6-10-32-29(30)15-24-43-32/h1-3,6-15,24-25H,4-5,16-23H2. The Balaban J connectivity index is 0.952. The normalized spacial score (nSPS) is 13.8. The van der Waals surface area contributed by atoms with Crippen molar-refractivity contribution < 1.29 is 19.0 Å². The van der Waals surface area contributed by atoms with E-state index in [-0.39, 0.29) is 18.7 Å². The van der Waals surface area contributed by atoms with Gasteiger partial charge in [-0.25, -0.2) is 4.79 Å². The largest absolute Gasteiger partial charge is 0.513 e. The van der Waals surface area contributed by atoms with Gasteiger partial charge in [0.05, 0.1) is 18.7 Å². The van der Waals surface area contributed by atoms with Crippen LogP contribution in [0.25, 0.3) is 21.0 Å². The van der Waals surface area contributed by atoms with Gasteiger partial charge in [-0.3, -0.25) is 9.69 Å².